The molecule has 5 rings (SSSR count). The topological polar surface area (TPSA) is 96.4 Å². The van der Waals surface area contributed by atoms with E-state index in [2.05, 4.69) is 15.0 Å². The quantitative estimate of drug-likeness (QED) is 0.417. The lowest BCUT2D eigenvalue weighted by Gasteiger charge is -2.33. The molecule has 2 aromatic heterocycles. The molecule has 8 nitrogen and oxygen atoms in total. The van der Waals surface area contributed by atoms with Gasteiger partial charge < -0.3 is 4.90 Å². The zero-order valence-corrected chi connectivity index (χ0v) is 20.5. The van der Waals surface area contributed by atoms with E-state index in [9.17, 15) is 13.2 Å². The van der Waals surface area contributed by atoms with Gasteiger partial charge in [-0.15, -0.1) is 0 Å². The molecule has 35 heavy (non-hydrogen) atoms. The number of fused-ring (bicyclic) bond motifs is 1. The average molecular weight is 508 g/mol. The number of piperazine rings is 1. The molecule has 0 radical (unpaired) electrons. The second kappa shape index (κ2) is 9.33. The number of sulfonamides is 1. The highest BCUT2D eigenvalue weighted by Crippen LogP contribution is 2.25. The second-order valence-corrected chi connectivity index (χ2v) is 10.7. The van der Waals surface area contributed by atoms with E-state index in [-0.39, 0.29) is 42.8 Å². The highest BCUT2D eigenvalue weighted by Gasteiger charge is 2.31. The molecule has 3 heterocycles. The number of nitrogens with zero attached hydrogens (tertiary/aromatic N) is 5. The third kappa shape index (κ3) is 4.75. The number of amides is 1. The Balaban J connectivity index is 1.26. The largest absolute Gasteiger partial charge is 0.333 e. The summed E-state index contributed by atoms with van der Waals surface area (Å²) in [5.41, 5.74) is 2.34. The van der Waals surface area contributed by atoms with Gasteiger partial charge in [-0.25, -0.2) is 18.4 Å². The van der Waals surface area contributed by atoms with Crippen LogP contribution < -0.4 is 0 Å². The van der Waals surface area contributed by atoms with Crippen molar-refractivity contribution in [3.05, 3.63) is 83.5 Å². The summed E-state index contributed by atoms with van der Waals surface area (Å²) in [6.45, 7) is 2.80. The number of rotatable bonds is 4. The number of benzene rings is 2. The first kappa shape index (κ1) is 23.3. The predicted molar refractivity (Wildman–Crippen MR) is 134 cm³/mol. The van der Waals surface area contributed by atoms with E-state index in [4.69, 9.17) is 11.6 Å². The van der Waals surface area contributed by atoms with Crippen LogP contribution in [0.4, 0.5) is 0 Å². The molecule has 0 atom stereocenters. The summed E-state index contributed by atoms with van der Waals surface area (Å²) in [5, 5.41) is 2.26. The molecule has 0 saturated carbocycles. The molecule has 1 aliphatic heterocycles. The number of hydrogen-bond donors (Lipinski definition) is 0. The summed E-state index contributed by atoms with van der Waals surface area (Å²) >= 11 is 6.02. The SMILES string of the molecule is Cc1cccc(-c2cnc(C(=O)N3CCN(S(=O)(=O)c4ccc5cc(Cl)ccc5c4)CC3)nc2)n1. The monoisotopic (exact) mass is 507 g/mol. The van der Waals surface area contributed by atoms with Gasteiger partial charge in [0.25, 0.3) is 5.91 Å². The molecule has 1 fully saturated rings. The number of halogens is 1. The molecule has 4 aromatic rings. The van der Waals surface area contributed by atoms with Gasteiger partial charge in [0, 0.05) is 54.9 Å². The fourth-order valence-electron chi connectivity index (χ4n) is 4.05. The summed E-state index contributed by atoms with van der Waals surface area (Å²) in [5.74, 6) is -0.251. The van der Waals surface area contributed by atoms with E-state index in [1.54, 1.807) is 53.7 Å². The van der Waals surface area contributed by atoms with Crippen LogP contribution in [0.2, 0.25) is 5.02 Å². The Labute approximate surface area is 208 Å². The lowest BCUT2D eigenvalue weighted by Crippen LogP contribution is -2.50. The van der Waals surface area contributed by atoms with E-state index in [0.717, 1.165) is 27.7 Å². The zero-order chi connectivity index (χ0) is 24.6. The van der Waals surface area contributed by atoms with Gasteiger partial charge in [-0.2, -0.15) is 4.31 Å². The van der Waals surface area contributed by atoms with Crippen molar-refractivity contribution in [2.45, 2.75) is 11.8 Å². The number of carbonyl (C=O) groups is 1. The van der Waals surface area contributed by atoms with Crippen molar-refractivity contribution in [1.29, 1.82) is 0 Å². The molecule has 0 aliphatic carbocycles. The van der Waals surface area contributed by atoms with Gasteiger partial charge in [-0.3, -0.25) is 9.78 Å². The first-order chi connectivity index (χ1) is 16.8. The maximum atomic E-state index is 13.2. The number of hydrogen-bond acceptors (Lipinski definition) is 6. The fourth-order valence-corrected chi connectivity index (χ4v) is 5.69. The molecular weight excluding hydrogens is 486 g/mol. The molecule has 0 spiro atoms. The van der Waals surface area contributed by atoms with Crippen LogP contribution >= 0.6 is 11.6 Å². The Morgan fingerprint density at radius 2 is 1.60 bits per heavy atom. The molecular formula is C25H22ClN5O3S. The minimum Gasteiger partial charge on any atom is -0.333 e. The van der Waals surface area contributed by atoms with Gasteiger partial charge in [-0.05, 0) is 54.1 Å². The predicted octanol–water partition coefficient (Wildman–Crippen LogP) is 3.80. The van der Waals surface area contributed by atoms with E-state index >= 15 is 0 Å². The van der Waals surface area contributed by atoms with E-state index in [1.165, 1.54) is 4.31 Å². The van der Waals surface area contributed by atoms with Gasteiger partial charge in [0.15, 0.2) is 0 Å². The fraction of sp³-hybridized carbons (Fsp3) is 0.200. The van der Waals surface area contributed by atoms with E-state index in [0.29, 0.717) is 5.02 Å². The van der Waals surface area contributed by atoms with Crippen molar-refractivity contribution in [3.63, 3.8) is 0 Å². The standard InChI is InChI=1S/C25H22ClN5O3S/c1-17-3-2-4-23(29-17)20-15-27-24(28-16-20)25(32)30-9-11-31(12-10-30)35(33,34)22-8-6-18-13-21(26)7-5-19(18)14-22/h2-8,13-16H,9-12H2,1H3. The van der Waals surface area contributed by atoms with Crippen molar-refractivity contribution >= 4 is 38.3 Å². The summed E-state index contributed by atoms with van der Waals surface area (Å²) in [7, 11) is -3.69. The molecule has 1 saturated heterocycles. The minimum absolute atomic E-state index is 0.0749. The Bertz CT molecular complexity index is 1520. The summed E-state index contributed by atoms with van der Waals surface area (Å²) in [4.78, 5) is 27.6. The van der Waals surface area contributed by atoms with Crippen LogP contribution in [-0.2, 0) is 10.0 Å². The van der Waals surface area contributed by atoms with Gasteiger partial charge in [-0.1, -0.05) is 29.8 Å². The van der Waals surface area contributed by atoms with E-state index in [1.807, 2.05) is 25.1 Å². The highest BCUT2D eigenvalue weighted by molar-refractivity contribution is 7.89. The molecule has 1 aliphatic rings. The lowest BCUT2D eigenvalue weighted by molar-refractivity contribution is 0.0685. The number of carbonyl (C=O) groups excluding carboxylic acids is 1. The van der Waals surface area contributed by atoms with Crippen LogP contribution in [-0.4, -0.2) is 64.7 Å². The number of aryl methyl sites for hydroxylation is 1. The summed E-state index contributed by atoms with van der Waals surface area (Å²) in [6.07, 6.45) is 3.16. The normalized spacial score (nSPS) is 14.9. The molecule has 0 N–H and O–H groups in total. The average Bonchev–Trinajstić information content (AvgIpc) is 2.88. The molecule has 0 bridgehead atoms. The van der Waals surface area contributed by atoms with Gasteiger partial charge in [0.1, 0.15) is 0 Å². The van der Waals surface area contributed by atoms with Crippen molar-refractivity contribution in [3.8, 4) is 11.3 Å². The number of pyridine rings is 1. The Hall–Kier alpha value is -3.40. The van der Waals surface area contributed by atoms with Crippen LogP contribution in [0.5, 0.6) is 0 Å². The molecule has 178 valence electrons. The molecule has 1 amide bonds. The Morgan fingerprint density at radius 3 is 2.31 bits per heavy atom. The van der Waals surface area contributed by atoms with Gasteiger partial charge in [0.2, 0.25) is 15.8 Å². The van der Waals surface area contributed by atoms with Crippen LogP contribution in [0.15, 0.2) is 71.9 Å². The first-order valence-corrected chi connectivity index (χ1v) is 12.9. The Kier molecular flexibility index (Phi) is 6.22. The van der Waals surface area contributed by atoms with Crippen LogP contribution in [0.1, 0.15) is 16.3 Å². The summed E-state index contributed by atoms with van der Waals surface area (Å²) < 4.78 is 27.8. The smallest absolute Gasteiger partial charge is 0.291 e. The third-order valence-electron chi connectivity index (χ3n) is 5.96. The van der Waals surface area contributed by atoms with Crippen molar-refractivity contribution in [2.24, 2.45) is 0 Å². The summed E-state index contributed by atoms with van der Waals surface area (Å²) in [6, 6.07) is 16.0. The van der Waals surface area contributed by atoms with Crippen molar-refractivity contribution < 1.29 is 13.2 Å². The van der Waals surface area contributed by atoms with Crippen LogP contribution in [0.25, 0.3) is 22.0 Å². The maximum Gasteiger partial charge on any atom is 0.291 e. The maximum absolute atomic E-state index is 13.2. The molecule has 2 aromatic carbocycles. The minimum atomic E-state index is -3.69. The third-order valence-corrected chi connectivity index (χ3v) is 8.09. The molecule has 0 unspecified atom stereocenters. The molecule has 10 heteroatoms. The highest BCUT2D eigenvalue weighted by atomic mass is 35.5. The van der Waals surface area contributed by atoms with Crippen LogP contribution in [0, 0.1) is 6.92 Å². The van der Waals surface area contributed by atoms with Gasteiger partial charge >= 0.3 is 0 Å². The van der Waals surface area contributed by atoms with Crippen molar-refractivity contribution in [1.82, 2.24) is 24.2 Å². The van der Waals surface area contributed by atoms with Crippen LogP contribution in [0.3, 0.4) is 0 Å². The van der Waals surface area contributed by atoms with E-state index < -0.39 is 10.0 Å². The zero-order valence-electron chi connectivity index (χ0n) is 18.9. The Morgan fingerprint density at radius 1 is 0.914 bits per heavy atom. The lowest BCUT2D eigenvalue weighted by atomic mass is 10.1. The van der Waals surface area contributed by atoms with Gasteiger partial charge in [0.05, 0.1) is 10.6 Å². The van der Waals surface area contributed by atoms with Crippen molar-refractivity contribution in [2.75, 3.05) is 26.2 Å². The number of aromatic nitrogens is 3. The second-order valence-electron chi connectivity index (χ2n) is 8.31. The first-order valence-electron chi connectivity index (χ1n) is 11.1.